The molecule has 1 rings (SSSR count). The average molecular weight is 275 g/mol. The van der Waals surface area contributed by atoms with Gasteiger partial charge in [0.1, 0.15) is 25.1 Å². The van der Waals surface area contributed by atoms with Crippen LogP contribution in [0.3, 0.4) is 0 Å². The summed E-state index contributed by atoms with van der Waals surface area (Å²) >= 11 is 5.77. The summed E-state index contributed by atoms with van der Waals surface area (Å²) < 4.78 is 5.31. The summed E-state index contributed by atoms with van der Waals surface area (Å²) in [6.45, 7) is -0.0526. The fourth-order valence-electron chi connectivity index (χ4n) is 1.09. The zero-order chi connectivity index (χ0) is 13.4. The van der Waals surface area contributed by atoms with E-state index in [0.29, 0.717) is 10.8 Å². The fourth-order valence-corrected chi connectivity index (χ4v) is 1.27. The van der Waals surface area contributed by atoms with E-state index in [1.54, 1.807) is 24.3 Å². The maximum atomic E-state index is 10.3. The van der Waals surface area contributed by atoms with E-state index in [0.717, 1.165) is 0 Å². The average Bonchev–Trinajstić information content (AvgIpc) is 2.32. The largest absolute Gasteiger partial charge is 0.491 e. The third-order valence-corrected chi connectivity index (χ3v) is 2.11. The molecule has 0 bridgehead atoms. The second-order valence-electron chi connectivity index (χ2n) is 3.53. The molecule has 0 aromatic heterocycles. The minimum atomic E-state index is -0.781. The van der Waals surface area contributed by atoms with Crippen molar-refractivity contribution in [1.82, 2.24) is 5.48 Å². The SMILES string of the molecule is NC(=O)CONCC(O)COc1cccc(Cl)c1. The molecule has 1 atom stereocenters. The van der Waals surface area contributed by atoms with Gasteiger partial charge in [-0.1, -0.05) is 17.7 Å². The summed E-state index contributed by atoms with van der Waals surface area (Å²) in [5, 5.41) is 10.1. The summed E-state index contributed by atoms with van der Waals surface area (Å²) in [6, 6.07) is 6.85. The van der Waals surface area contributed by atoms with Gasteiger partial charge in [-0.15, -0.1) is 0 Å². The van der Waals surface area contributed by atoms with E-state index in [1.807, 2.05) is 0 Å². The number of hydrogen-bond acceptors (Lipinski definition) is 5. The van der Waals surface area contributed by atoms with Gasteiger partial charge in [-0.05, 0) is 18.2 Å². The highest BCUT2D eigenvalue weighted by Gasteiger charge is 2.05. The Labute approximate surface area is 110 Å². The molecule has 0 radical (unpaired) electrons. The lowest BCUT2D eigenvalue weighted by molar-refractivity contribution is -0.125. The van der Waals surface area contributed by atoms with Gasteiger partial charge < -0.3 is 15.6 Å². The van der Waals surface area contributed by atoms with Crippen molar-refractivity contribution in [3.05, 3.63) is 29.3 Å². The Morgan fingerprint density at radius 1 is 1.56 bits per heavy atom. The summed E-state index contributed by atoms with van der Waals surface area (Å²) in [4.78, 5) is 15.0. The number of nitrogens with two attached hydrogens (primary N) is 1. The molecule has 0 aliphatic heterocycles. The van der Waals surface area contributed by atoms with E-state index >= 15 is 0 Å². The maximum absolute atomic E-state index is 10.3. The molecule has 4 N–H and O–H groups in total. The second-order valence-corrected chi connectivity index (χ2v) is 3.96. The Kier molecular flexibility index (Phi) is 6.45. The maximum Gasteiger partial charge on any atom is 0.245 e. The van der Waals surface area contributed by atoms with E-state index in [2.05, 4.69) is 10.3 Å². The molecule has 1 amide bonds. The first-order valence-electron chi connectivity index (χ1n) is 5.27. The first-order valence-corrected chi connectivity index (χ1v) is 5.65. The number of nitrogens with one attached hydrogen (secondary N) is 1. The van der Waals surface area contributed by atoms with Crippen LogP contribution in [0.1, 0.15) is 0 Å². The van der Waals surface area contributed by atoms with Crippen molar-refractivity contribution in [2.45, 2.75) is 6.10 Å². The van der Waals surface area contributed by atoms with Crippen LogP contribution in [0.5, 0.6) is 5.75 Å². The van der Waals surface area contributed by atoms with Crippen LogP contribution in [0, 0.1) is 0 Å². The summed E-state index contributed by atoms with van der Waals surface area (Å²) in [7, 11) is 0. The third kappa shape index (κ3) is 6.41. The van der Waals surface area contributed by atoms with Crippen molar-refractivity contribution < 1.29 is 19.5 Å². The molecule has 0 aliphatic carbocycles. The number of carbonyl (C=O) groups excluding carboxylic acids is 1. The Morgan fingerprint density at radius 2 is 2.33 bits per heavy atom. The molecule has 7 heteroatoms. The van der Waals surface area contributed by atoms with E-state index < -0.39 is 12.0 Å². The van der Waals surface area contributed by atoms with Crippen molar-refractivity contribution in [3.8, 4) is 5.75 Å². The minimum Gasteiger partial charge on any atom is -0.491 e. The Morgan fingerprint density at radius 3 is 3.00 bits per heavy atom. The highest BCUT2D eigenvalue weighted by molar-refractivity contribution is 6.30. The molecular formula is C11H15ClN2O4. The van der Waals surface area contributed by atoms with Crippen LogP contribution in [-0.4, -0.2) is 36.9 Å². The number of hydroxylamine groups is 1. The number of ether oxygens (including phenoxy) is 1. The zero-order valence-corrected chi connectivity index (χ0v) is 10.4. The Hall–Kier alpha value is -1.34. The topological polar surface area (TPSA) is 93.8 Å². The number of hydrogen-bond donors (Lipinski definition) is 3. The van der Waals surface area contributed by atoms with Crippen molar-refractivity contribution in [1.29, 1.82) is 0 Å². The van der Waals surface area contributed by atoms with Gasteiger partial charge in [-0.2, -0.15) is 5.48 Å². The fraction of sp³-hybridized carbons (Fsp3) is 0.364. The molecule has 1 aromatic rings. The number of primary amides is 1. The first-order chi connectivity index (χ1) is 8.58. The van der Waals surface area contributed by atoms with Crippen LogP contribution in [0.25, 0.3) is 0 Å². The molecule has 100 valence electrons. The summed E-state index contributed by atoms with van der Waals surface area (Å²) in [5.41, 5.74) is 7.26. The standard InChI is InChI=1S/C11H15ClN2O4/c12-8-2-1-3-10(4-8)17-6-9(15)5-14-18-7-11(13)16/h1-4,9,14-15H,5-7H2,(H2,13,16). The molecule has 0 heterocycles. The molecular weight excluding hydrogens is 260 g/mol. The van der Waals surface area contributed by atoms with Crippen molar-refractivity contribution >= 4 is 17.5 Å². The number of halogens is 1. The number of aliphatic hydroxyl groups excluding tert-OH is 1. The molecule has 0 saturated heterocycles. The van der Waals surface area contributed by atoms with Gasteiger partial charge in [0.15, 0.2) is 0 Å². The van der Waals surface area contributed by atoms with Gasteiger partial charge in [-0.3, -0.25) is 9.63 Å². The first kappa shape index (κ1) is 14.7. The highest BCUT2D eigenvalue weighted by Crippen LogP contribution is 2.17. The molecule has 6 nitrogen and oxygen atoms in total. The lowest BCUT2D eigenvalue weighted by Gasteiger charge is -2.13. The Bertz CT molecular complexity index is 389. The van der Waals surface area contributed by atoms with E-state index in [-0.39, 0.29) is 19.8 Å². The number of amides is 1. The second kappa shape index (κ2) is 7.88. The molecule has 1 aromatic carbocycles. The van der Waals surface area contributed by atoms with E-state index in [1.165, 1.54) is 0 Å². The van der Waals surface area contributed by atoms with Crippen LogP contribution in [-0.2, 0) is 9.63 Å². The molecule has 0 aliphatic rings. The smallest absolute Gasteiger partial charge is 0.245 e. The van der Waals surface area contributed by atoms with Crippen LogP contribution >= 0.6 is 11.6 Å². The normalized spacial score (nSPS) is 12.1. The van der Waals surface area contributed by atoms with Gasteiger partial charge in [0.25, 0.3) is 0 Å². The lowest BCUT2D eigenvalue weighted by Crippen LogP contribution is -2.33. The predicted octanol–water partition coefficient (Wildman–Crippen LogP) is 0.0862. The number of carbonyl (C=O) groups is 1. The lowest BCUT2D eigenvalue weighted by atomic mass is 10.3. The molecule has 0 saturated carbocycles. The van der Waals surface area contributed by atoms with Crippen molar-refractivity contribution in [2.24, 2.45) is 5.73 Å². The predicted molar refractivity (Wildman–Crippen MR) is 66.1 cm³/mol. The van der Waals surface area contributed by atoms with Crippen LogP contribution < -0.4 is 16.0 Å². The number of rotatable bonds is 8. The quantitative estimate of drug-likeness (QED) is 0.461. The molecule has 18 heavy (non-hydrogen) atoms. The monoisotopic (exact) mass is 274 g/mol. The van der Waals surface area contributed by atoms with Gasteiger partial charge in [-0.25, -0.2) is 0 Å². The molecule has 0 fully saturated rings. The summed E-state index contributed by atoms with van der Waals surface area (Å²) in [5.74, 6) is -0.0215. The van der Waals surface area contributed by atoms with Gasteiger partial charge in [0, 0.05) is 5.02 Å². The van der Waals surface area contributed by atoms with Crippen molar-refractivity contribution in [3.63, 3.8) is 0 Å². The van der Waals surface area contributed by atoms with E-state index in [9.17, 15) is 9.90 Å². The van der Waals surface area contributed by atoms with Crippen LogP contribution in [0.15, 0.2) is 24.3 Å². The van der Waals surface area contributed by atoms with E-state index in [4.69, 9.17) is 22.1 Å². The molecule has 0 spiro atoms. The number of benzene rings is 1. The minimum absolute atomic E-state index is 0.0767. The van der Waals surface area contributed by atoms with Gasteiger partial charge in [0.2, 0.25) is 5.91 Å². The highest BCUT2D eigenvalue weighted by atomic mass is 35.5. The summed E-state index contributed by atoms with van der Waals surface area (Å²) in [6.07, 6.45) is -0.781. The van der Waals surface area contributed by atoms with Gasteiger partial charge >= 0.3 is 0 Å². The number of aliphatic hydroxyl groups is 1. The van der Waals surface area contributed by atoms with Crippen LogP contribution in [0.2, 0.25) is 5.02 Å². The Balaban J connectivity index is 2.17. The van der Waals surface area contributed by atoms with Crippen molar-refractivity contribution in [2.75, 3.05) is 19.8 Å². The third-order valence-electron chi connectivity index (χ3n) is 1.87. The zero-order valence-electron chi connectivity index (χ0n) is 9.64. The van der Waals surface area contributed by atoms with Crippen LogP contribution in [0.4, 0.5) is 0 Å². The molecule has 1 unspecified atom stereocenters. The van der Waals surface area contributed by atoms with Gasteiger partial charge in [0.05, 0.1) is 6.54 Å².